The normalized spacial score (nSPS) is 24.8. The van der Waals surface area contributed by atoms with Crippen LogP contribution < -0.4 is 0 Å². The predicted molar refractivity (Wildman–Crippen MR) is 84.3 cm³/mol. The van der Waals surface area contributed by atoms with Crippen LogP contribution in [0, 0.1) is 5.92 Å². The molecule has 1 aromatic rings. The van der Waals surface area contributed by atoms with Gasteiger partial charge in [-0.3, -0.25) is 4.90 Å². The molecule has 21 heavy (non-hydrogen) atoms. The van der Waals surface area contributed by atoms with Gasteiger partial charge in [0.15, 0.2) is 0 Å². The molecule has 0 spiro atoms. The molecular formula is C17H22N2O2. The number of piperidine rings is 1. The summed E-state index contributed by atoms with van der Waals surface area (Å²) in [6, 6.07) is 9.31. The Morgan fingerprint density at radius 3 is 2.81 bits per heavy atom. The van der Waals surface area contributed by atoms with Crippen molar-refractivity contribution in [3.8, 4) is 0 Å². The molecule has 4 nitrogen and oxygen atoms in total. The third-order valence-corrected chi connectivity index (χ3v) is 3.82. The fraction of sp³-hybridized carbons (Fsp3) is 0.412. The second kappa shape index (κ2) is 7.18. The number of hydrogen-bond donors (Lipinski definition) is 0. The standard InChI is InChI=1S/C17H22N2O2/c1-4-10-19-12-13(2)16(11-14(19)3)18-21-17(20)15-8-6-5-7-9-15/h4-9,13-14H,1,10-12H2,2-3H3/b18-16-/t13-,14-/m1/s1. The van der Waals surface area contributed by atoms with Crippen molar-refractivity contribution >= 4 is 11.7 Å². The lowest BCUT2D eigenvalue weighted by Gasteiger charge is -2.36. The summed E-state index contributed by atoms with van der Waals surface area (Å²) in [5.41, 5.74) is 1.47. The largest absolute Gasteiger partial charge is 0.365 e. The quantitative estimate of drug-likeness (QED) is 0.485. The summed E-state index contributed by atoms with van der Waals surface area (Å²) in [6.45, 7) is 9.84. The molecule has 4 heteroatoms. The summed E-state index contributed by atoms with van der Waals surface area (Å²) >= 11 is 0. The molecule has 1 aromatic carbocycles. The van der Waals surface area contributed by atoms with Crippen LogP contribution in [-0.4, -0.2) is 35.7 Å². The van der Waals surface area contributed by atoms with Crippen molar-refractivity contribution in [3.63, 3.8) is 0 Å². The fourth-order valence-corrected chi connectivity index (χ4v) is 2.54. The average Bonchev–Trinajstić information content (AvgIpc) is 2.50. The van der Waals surface area contributed by atoms with E-state index in [0.29, 0.717) is 11.6 Å². The summed E-state index contributed by atoms with van der Waals surface area (Å²) in [5.74, 6) is -0.124. The van der Waals surface area contributed by atoms with Gasteiger partial charge in [0.2, 0.25) is 0 Å². The Labute approximate surface area is 126 Å². The van der Waals surface area contributed by atoms with E-state index in [9.17, 15) is 4.79 Å². The first-order valence-corrected chi connectivity index (χ1v) is 7.30. The van der Waals surface area contributed by atoms with E-state index in [1.165, 1.54) is 0 Å². The maximum atomic E-state index is 11.9. The highest BCUT2D eigenvalue weighted by molar-refractivity contribution is 5.91. The van der Waals surface area contributed by atoms with Crippen molar-refractivity contribution in [1.82, 2.24) is 4.90 Å². The zero-order valence-electron chi connectivity index (χ0n) is 12.7. The first-order chi connectivity index (χ1) is 10.1. The smallest absolute Gasteiger partial charge is 0.313 e. The molecule has 0 bridgehead atoms. The summed E-state index contributed by atoms with van der Waals surface area (Å²) in [4.78, 5) is 19.3. The van der Waals surface area contributed by atoms with Crippen LogP contribution in [0.5, 0.6) is 0 Å². The van der Waals surface area contributed by atoms with Gasteiger partial charge < -0.3 is 4.84 Å². The number of benzene rings is 1. The molecule has 0 unspecified atom stereocenters. The van der Waals surface area contributed by atoms with E-state index in [0.717, 1.165) is 25.2 Å². The Bertz CT molecular complexity index is 525. The third kappa shape index (κ3) is 4.02. The van der Waals surface area contributed by atoms with Gasteiger partial charge in [0.25, 0.3) is 0 Å². The van der Waals surface area contributed by atoms with E-state index in [1.807, 2.05) is 24.3 Å². The van der Waals surface area contributed by atoms with Crippen molar-refractivity contribution in [1.29, 1.82) is 0 Å². The molecule has 1 heterocycles. The highest BCUT2D eigenvalue weighted by atomic mass is 16.7. The minimum atomic E-state index is -0.406. The van der Waals surface area contributed by atoms with E-state index >= 15 is 0 Å². The van der Waals surface area contributed by atoms with Crippen molar-refractivity contribution in [3.05, 3.63) is 48.6 Å². The topological polar surface area (TPSA) is 41.9 Å². The highest BCUT2D eigenvalue weighted by Crippen LogP contribution is 2.20. The van der Waals surface area contributed by atoms with E-state index < -0.39 is 5.97 Å². The molecular weight excluding hydrogens is 264 g/mol. The average molecular weight is 286 g/mol. The zero-order chi connectivity index (χ0) is 15.2. The van der Waals surface area contributed by atoms with Gasteiger partial charge in [0, 0.05) is 31.5 Å². The first-order valence-electron chi connectivity index (χ1n) is 7.30. The molecule has 0 radical (unpaired) electrons. The van der Waals surface area contributed by atoms with Gasteiger partial charge in [-0.1, -0.05) is 36.4 Å². The van der Waals surface area contributed by atoms with Crippen LogP contribution >= 0.6 is 0 Å². The summed E-state index contributed by atoms with van der Waals surface area (Å²) in [6.07, 6.45) is 2.73. The second-order valence-electron chi connectivity index (χ2n) is 5.52. The number of nitrogens with zero attached hydrogens (tertiary/aromatic N) is 2. The van der Waals surface area contributed by atoms with Gasteiger partial charge >= 0.3 is 5.97 Å². The lowest BCUT2D eigenvalue weighted by atomic mass is 9.93. The van der Waals surface area contributed by atoms with Crippen LogP contribution in [0.3, 0.4) is 0 Å². The van der Waals surface area contributed by atoms with Crippen molar-refractivity contribution in [2.75, 3.05) is 13.1 Å². The number of carbonyl (C=O) groups excluding carboxylic acids is 1. The van der Waals surface area contributed by atoms with Crippen LogP contribution in [0.15, 0.2) is 48.1 Å². The molecule has 0 aliphatic carbocycles. The van der Waals surface area contributed by atoms with Crippen LogP contribution in [-0.2, 0) is 4.84 Å². The molecule has 0 amide bonds. The summed E-state index contributed by atoms with van der Waals surface area (Å²) < 4.78 is 0. The molecule has 0 saturated carbocycles. The number of likely N-dealkylation sites (tertiary alicyclic amines) is 1. The minimum Gasteiger partial charge on any atom is -0.313 e. The molecule has 2 rings (SSSR count). The van der Waals surface area contributed by atoms with E-state index in [2.05, 4.69) is 30.5 Å². The van der Waals surface area contributed by atoms with E-state index in [1.54, 1.807) is 12.1 Å². The monoisotopic (exact) mass is 286 g/mol. The molecule has 1 saturated heterocycles. The van der Waals surface area contributed by atoms with Gasteiger partial charge in [-0.05, 0) is 19.1 Å². The zero-order valence-corrected chi connectivity index (χ0v) is 12.7. The Hall–Kier alpha value is -1.94. The van der Waals surface area contributed by atoms with Gasteiger partial charge in [0.1, 0.15) is 0 Å². The SMILES string of the molecule is C=CCN1C[C@@H](C)/C(=N\OC(=O)c2ccccc2)C[C@H]1C. The molecule has 0 N–H and O–H groups in total. The molecule has 2 atom stereocenters. The van der Waals surface area contributed by atoms with Crippen molar-refractivity contribution < 1.29 is 9.63 Å². The molecule has 0 aromatic heterocycles. The van der Waals surface area contributed by atoms with Gasteiger partial charge in [0.05, 0.1) is 11.3 Å². The Morgan fingerprint density at radius 2 is 2.14 bits per heavy atom. The maximum absolute atomic E-state index is 11.9. The molecule has 112 valence electrons. The highest BCUT2D eigenvalue weighted by Gasteiger charge is 2.27. The van der Waals surface area contributed by atoms with Gasteiger partial charge in [-0.2, -0.15) is 0 Å². The maximum Gasteiger partial charge on any atom is 0.365 e. The van der Waals surface area contributed by atoms with Crippen LogP contribution in [0.25, 0.3) is 0 Å². The van der Waals surface area contributed by atoms with E-state index in [4.69, 9.17) is 4.84 Å². The van der Waals surface area contributed by atoms with Crippen LogP contribution in [0.4, 0.5) is 0 Å². The number of carbonyl (C=O) groups is 1. The number of hydrogen-bond acceptors (Lipinski definition) is 4. The van der Waals surface area contributed by atoms with Crippen molar-refractivity contribution in [2.24, 2.45) is 11.1 Å². The molecule has 1 aliphatic heterocycles. The molecule has 1 fully saturated rings. The Morgan fingerprint density at radius 1 is 1.43 bits per heavy atom. The predicted octanol–water partition coefficient (Wildman–Crippen LogP) is 3.12. The van der Waals surface area contributed by atoms with Gasteiger partial charge in [-0.15, -0.1) is 6.58 Å². The fourth-order valence-electron chi connectivity index (χ4n) is 2.54. The Balaban J connectivity index is 1.98. The van der Waals surface area contributed by atoms with E-state index in [-0.39, 0.29) is 5.92 Å². The second-order valence-corrected chi connectivity index (χ2v) is 5.52. The lowest BCUT2D eigenvalue weighted by molar-refractivity contribution is 0.0508. The third-order valence-electron chi connectivity index (χ3n) is 3.82. The number of rotatable bonds is 4. The Kier molecular flexibility index (Phi) is 5.28. The van der Waals surface area contributed by atoms with Crippen molar-refractivity contribution in [2.45, 2.75) is 26.3 Å². The minimum absolute atomic E-state index is 0.282. The summed E-state index contributed by atoms with van der Waals surface area (Å²) in [5, 5.41) is 4.10. The van der Waals surface area contributed by atoms with Gasteiger partial charge in [-0.25, -0.2) is 4.79 Å². The first kappa shape index (κ1) is 15.4. The lowest BCUT2D eigenvalue weighted by Crippen LogP contribution is -2.45. The molecule has 1 aliphatic rings. The van der Waals surface area contributed by atoms with Crippen LogP contribution in [0.1, 0.15) is 30.6 Å². The number of oxime groups is 1. The summed E-state index contributed by atoms with van der Waals surface area (Å²) in [7, 11) is 0. The van der Waals surface area contributed by atoms with Crippen LogP contribution in [0.2, 0.25) is 0 Å².